The third-order valence-electron chi connectivity index (χ3n) is 10.9. The fourth-order valence-corrected chi connectivity index (χ4v) is 9.21. The number of benzene rings is 3. The molecule has 0 saturated heterocycles. The van der Waals surface area contributed by atoms with E-state index in [-0.39, 0.29) is 0 Å². The van der Waals surface area contributed by atoms with Crippen LogP contribution in [0.2, 0.25) is 0 Å². The van der Waals surface area contributed by atoms with E-state index in [2.05, 4.69) is 85.8 Å². The van der Waals surface area contributed by atoms with Gasteiger partial charge in [0.1, 0.15) is 5.75 Å². The molecule has 0 aliphatic heterocycles. The molecular formula is C41H53NO. The van der Waals surface area contributed by atoms with Crippen LogP contribution in [0.4, 0.5) is 5.69 Å². The highest BCUT2D eigenvalue weighted by Crippen LogP contribution is 2.66. The molecule has 0 radical (unpaired) electrons. The van der Waals surface area contributed by atoms with Crippen LogP contribution in [0, 0.1) is 11.8 Å². The molecule has 2 nitrogen and oxygen atoms in total. The van der Waals surface area contributed by atoms with Crippen molar-refractivity contribution in [1.82, 2.24) is 0 Å². The second kappa shape index (κ2) is 14.3. The van der Waals surface area contributed by atoms with E-state index in [9.17, 15) is 0 Å². The Kier molecular flexibility index (Phi) is 10.0. The van der Waals surface area contributed by atoms with Gasteiger partial charge >= 0.3 is 0 Å². The lowest BCUT2D eigenvalue weighted by atomic mass is 9.42. The van der Waals surface area contributed by atoms with Crippen molar-refractivity contribution in [1.29, 1.82) is 0 Å². The predicted molar refractivity (Wildman–Crippen MR) is 182 cm³/mol. The molecule has 0 aromatic heterocycles. The molecule has 0 spiro atoms. The maximum atomic E-state index is 6.00. The molecule has 2 heteroatoms. The van der Waals surface area contributed by atoms with Gasteiger partial charge in [-0.15, -0.1) is 0 Å². The van der Waals surface area contributed by atoms with Crippen LogP contribution in [0.1, 0.15) is 126 Å². The zero-order valence-electron chi connectivity index (χ0n) is 26.6. The van der Waals surface area contributed by atoms with Gasteiger partial charge < -0.3 is 4.74 Å². The van der Waals surface area contributed by atoms with E-state index in [0.29, 0.717) is 10.8 Å². The lowest BCUT2D eigenvalue weighted by Gasteiger charge is -2.62. The van der Waals surface area contributed by atoms with Crippen LogP contribution < -0.4 is 4.74 Å². The van der Waals surface area contributed by atoms with Gasteiger partial charge in [0.25, 0.3) is 0 Å². The molecule has 0 amide bonds. The molecule has 4 aliphatic rings. The number of unbranched alkanes of at least 4 members (excludes halogenated alkanes) is 9. The first kappa shape index (κ1) is 30.2. The summed E-state index contributed by atoms with van der Waals surface area (Å²) in [5.41, 5.74) is 6.00. The largest absolute Gasteiger partial charge is 0.494 e. The lowest BCUT2D eigenvalue weighted by molar-refractivity contribution is -0.0281. The van der Waals surface area contributed by atoms with Crippen LogP contribution in [-0.4, -0.2) is 12.8 Å². The molecule has 0 unspecified atom stereocenters. The van der Waals surface area contributed by atoms with Crippen molar-refractivity contribution in [3.8, 4) is 5.75 Å². The number of hydrogen-bond donors (Lipinski definition) is 0. The molecule has 228 valence electrons. The molecule has 4 fully saturated rings. The summed E-state index contributed by atoms with van der Waals surface area (Å²) in [6, 6.07) is 29.1. The van der Waals surface area contributed by atoms with E-state index in [4.69, 9.17) is 9.73 Å². The average molecular weight is 576 g/mol. The third kappa shape index (κ3) is 7.44. The molecule has 3 aromatic carbocycles. The van der Waals surface area contributed by atoms with Crippen molar-refractivity contribution in [3.05, 3.63) is 95.6 Å². The van der Waals surface area contributed by atoms with E-state index in [1.165, 1.54) is 96.3 Å². The van der Waals surface area contributed by atoms with E-state index in [0.717, 1.165) is 41.9 Å². The van der Waals surface area contributed by atoms with Crippen molar-refractivity contribution in [2.24, 2.45) is 16.8 Å². The summed E-state index contributed by atoms with van der Waals surface area (Å²) >= 11 is 0. The number of ether oxygens (including phenoxy) is 1. The minimum atomic E-state index is 0.339. The topological polar surface area (TPSA) is 21.6 Å². The van der Waals surface area contributed by atoms with Gasteiger partial charge in [-0.1, -0.05) is 107 Å². The SMILES string of the molecule is CCCCCCCCCCCCOc1ccc(C=Nc2ccc(C34C[C@@H]5C[C@H](CC(c6ccccc6)(C5)C3)C4)cc2)cc1. The van der Waals surface area contributed by atoms with Gasteiger partial charge in [-0.05, 0) is 121 Å². The summed E-state index contributed by atoms with van der Waals surface area (Å²) < 4.78 is 6.00. The minimum absolute atomic E-state index is 0.339. The summed E-state index contributed by atoms with van der Waals surface area (Å²) in [5.74, 6) is 2.71. The van der Waals surface area contributed by atoms with Gasteiger partial charge in [0.2, 0.25) is 0 Å². The quantitative estimate of drug-likeness (QED) is 0.123. The molecule has 4 aliphatic carbocycles. The molecule has 0 N–H and O–H groups in total. The van der Waals surface area contributed by atoms with Gasteiger partial charge in [-0.2, -0.15) is 0 Å². The first-order valence-corrected chi connectivity index (χ1v) is 17.6. The summed E-state index contributed by atoms with van der Waals surface area (Å²) in [7, 11) is 0. The van der Waals surface area contributed by atoms with Crippen LogP contribution in [0.3, 0.4) is 0 Å². The average Bonchev–Trinajstić information content (AvgIpc) is 3.03. The second-order valence-corrected chi connectivity index (χ2v) is 14.3. The first-order valence-electron chi connectivity index (χ1n) is 17.6. The highest BCUT2D eigenvalue weighted by molar-refractivity contribution is 5.82. The van der Waals surface area contributed by atoms with Crippen molar-refractivity contribution in [2.75, 3.05) is 6.61 Å². The molecule has 0 heterocycles. The standard InChI is InChI=1S/C41H53NO/c1-2-3-4-5-6-7-8-9-10-14-25-43-39-23-17-33(18-24-39)31-42-38-21-19-37(20-22-38)41-29-34-26-35(30-41)28-40(27-34,32-41)36-15-12-11-13-16-36/h11-13,15-24,31,34-35H,2-10,14,25-30,32H2,1H3/t34-,35-,40?,41?/m1/s1. The van der Waals surface area contributed by atoms with Crippen molar-refractivity contribution >= 4 is 11.9 Å². The molecule has 3 aromatic rings. The predicted octanol–water partition coefficient (Wildman–Crippen LogP) is 11.5. The third-order valence-corrected chi connectivity index (χ3v) is 10.9. The van der Waals surface area contributed by atoms with Gasteiger partial charge in [-0.25, -0.2) is 0 Å². The lowest BCUT2D eigenvalue weighted by Crippen LogP contribution is -2.55. The summed E-state index contributed by atoms with van der Waals surface area (Å²) in [6.07, 6.45) is 23.8. The maximum absolute atomic E-state index is 6.00. The number of aliphatic imine (C=N–C) groups is 1. The van der Waals surface area contributed by atoms with Crippen LogP contribution in [0.15, 0.2) is 83.9 Å². The fourth-order valence-electron chi connectivity index (χ4n) is 9.21. The van der Waals surface area contributed by atoms with Crippen LogP contribution >= 0.6 is 0 Å². The molecule has 4 bridgehead atoms. The second-order valence-electron chi connectivity index (χ2n) is 14.3. The van der Waals surface area contributed by atoms with Gasteiger partial charge in [0.15, 0.2) is 0 Å². The Balaban J connectivity index is 0.967. The summed E-state index contributed by atoms with van der Waals surface area (Å²) in [5, 5.41) is 0. The fraction of sp³-hybridized carbons (Fsp3) is 0.537. The Morgan fingerprint density at radius 1 is 0.651 bits per heavy atom. The number of rotatable bonds is 16. The Hall–Kier alpha value is -2.87. The van der Waals surface area contributed by atoms with Gasteiger partial charge in [0, 0.05) is 6.21 Å². The Labute approximate surface area is 261 Å². The van der Waals surface area contributed by atoms with E-state index in [1.54, 1.807) is 11.1 Å². The normalized spacial score (nSPS) is 25.9. The van der Waals surface area contributed by atoms with Gasteiger partial charge in [-0.3, -0.25) is 4.99 Å². The van der Waals surface area contributed by atoms with E-state index < -0.39 is 0 Å². The summed E-state index contributed by atoms with van der Waals surface area (Å²) in [4.78, 5) is 4.82. The van der Waals surface area contributed by atoms with Crippen molar-refractivity contribution in [3.63, 3.8) is 0 Å². The van der Waals surface area contributed by atoms with Crippen LogP contribution in [-0.2, 0) is 10.8 Å². The Bertz CT molecular complexity index is 1280. The Morgan fingerprint density at radius 2 is 1.21 bits per heavy atom. The first-order chi connectivity index (χ1) is 21.2. The van der Waals surface area contributed by atoms with E-state index >= 15 is 0 Å². The molecule has 2 atom stereocenters. The van der Waals surface area contributed by atoms with E-state index in [1.807, 2.05) is 6.21 Å². The van der Waals surface area contributed by atoms with Crippen LogP contribution in [0.25, 0.3) is 0 Å². The zero-order valence-corrected chi connectivity index (χ0v) is 26.6. The molecule has 7 rings (SSSR count). The maximum Gasteiger partial charge on any atom is 0.119 e. The summed E-state index contributed by atoms with van der Waals surface area (Å²) in [6.45, 7) is 3.10. The Morgan fingerprint density at radius 3 is 1.81 bits per heavy atom. The highest BCUT2D eigenvalue weighted by Gasteiger charge is 2.58. The van der Waals surface area contributed by atoms with Crippen molar-refractivity contribution in [2.45, 2.75) is 120 Å². The smallest absolute Gasteiger partial charge is 0.119 e. The monoisotopic (exact) mass is 575 g/mol. The highest BCUT2D eigenvalue weighted by atomic mass is 16.5. The minimum Gasteiger partial charge on any atom is -0.494 e. The molecule has 4 saturated carbocycles. The number of nitrogens with zero attached hydrogens (tertiary/aromatic N) is 1. The molecular weight excluding hydrogens is 522 g/mol. The molecule has 43 heavy (non-hydrogen) atoms. The zero-order chi connectivity index (χ0) is 29.4. The number of hydrogen-bond acceptors (Lipinski definition) is 2. The van der Waals surface area contributed by atoms with Crippen molar-refractivity contribution < 1.29 is 4.74 Å². The van der Waals surface area contributed by atoms with Gasteiger partial charge in [0.05, 0.1) is 12.3 Å². The van der Waals surface area contributed by atoms with Crippen LogP contribution in [0.5, 0.6) is 5.75 Å².